The van der Waals surface area contributed by atoms with Crippen molar-refractivity contribution in [3.8, 4) is 0 Å². The summed E-state index contributed by atoms with van der Waals surface area (Å²) in [6, 6.07) is 3.69. The van der Waals surface area contributed by atoms with Gasteiger partial charge < -0.3 is 0 Å². The molecule has 112 valence electrons. The predicted octanol–water partition coefficient (Wildman–Crippen LogP) is 4.14. The summed E-state index contributed by atoms with van der Waals surface area (Å²) in [4.78, 5) is 2.60. The zero-order valence-corrected chi connectivity index (χ0v) is 13.9. The van der Waals surface area contributed by atoms with Crippen LogP contribution in [0.3, 0.4) is 0 Å². The Labute approximate surface area is 130 Å². The highest BCUT2D eigenvalue weighted by Crippen LogP contribution is 2.28. The monoisotopic (exact) mass is 339 g/mol. The molecule has 0 bridgehead atoms. The molecule has 0 saturated heterocycles. The molecule has 2 aliphatic carbocycles. The molecule has 2 aliphatic rings. The quantitative estimate of drug-likeness (QED) is 0.726. The molecule has 20 heavy (non-hydrogen) atoms. The molecular weight excluding hydrogens is 314 g/mol. The van der Waals surface area contributed by atoms with Crippen LogP contribution in [0.1, 0.15) is 63.1 Å². The van der Waals surface area contributed by atoms with Crippen LogP contribution in [0.25, 0.3) is 0 Å². The van der Waals surface area contributed by atoms with Crippen LogP contribution in [-0.4, -0.2) is 32.6 Å². The van der Waals surface area contributed by atoms with Gasteiger partial charge in [-0.05, 0) is 31.7 Å². The zero-order chi connectivity index (χ0) is 13.8. The van der Waals surface area contributed by atoms with E-state index in [2.05, 4.69) is 37.8 Å². The minimum atomic E-state index is 0.658. The van der Waals surface area contributed by atoms with Crippen LogP contribution in [0.5, 0.6) is 0 Å². The van der Waals surface area contributed by atoms with E-state index in [1.165, 1.54) is 57.1 Å². The first-order valence-electron chi connectivity index (χ1n) is 8.21. The predicted molar refractivity (Wildman–Crippen MR) is 86.2 cm³/mol. The van der Waals surface area contributed by atoms with E-state index in [1.54, 1.807) is 0 Å². The topological polar surface area (TPSA) is 21.1 Å². The summed E-state index contributed by atoms with van der Waals surface area (Å²) in [6.07, 6.45) is 13.1. The van der Waals surface area contributed by atoms with Gasteiger partial charge in [0.1, 0.15) is 0 Å². The maximum Gasteiger partial charge on any atom is 0.0765 e. The fourth-order valence-corrected chi connectivity index (χ4v) is 3.93. The van der Waals surface area contributed by atoms with Crippen molar-refractivity contribution < 1.29 is 0 Å². The Morgan fingerprint density at radius 1 is 1.15 bits per heavy atom. The molecule has 3 rings (SSSR count). The Hall–Kier alpha value is -0.350. The molecule has 0 N–H and O–H groups in total. The van der Waals surface area contributed by atoms with Gasteiger partial charge in [0.25, 0.3) is 0 Å². The van der Waals surface area contributed by atoms with Crippen LogP contribution < -0.4 is 0 Å². The summed E-state index contributed by atoms with van der Waals surface area (Å²) in [6.45, 7) is 2.16. The number of hydrogen-bond acceptors (Lipinski definition) is 2. The van der Waals surface area contributed by atoms with Crippen LogP contribution in [0, 0.1) is 0 Å². The molecule has 0 aromatic carbocycles. The molecule has 0 spiro atoms. The highest BCUT2D eigenvalue weighted by atomic mass is 79.9. The number of aromatic nitrogens is 2. The van der Waals surface area contributed by atoms with Gasteiger partial charge in [-0.1, -0.05) is 41.6 Å². The molecule has 1 aromatic rings. The van der Waals surface area contributed by atoms with Crippen molar-refractivity contribution in [1.29, 1.82) is 0 Å². The number of alkyl halides is 1. The zero-order valence-electron chi connectivity index (χ0n) is 12.3. The SMILES string of the molecule is BrCCN(Cc1ccn(C2CCCCC2)n1)C1CCC1. The van der Waals surface area contributed by atoms with E-state index in [9.17, 15) is 0 Å². The van der Waals surface area contributed by atoms with Crippen molar-refractivity contribution >= 4 is 15.9 Å². The maximum absolute atomic E-state index is 4.86. The van der Waals surface area contributed by atoms with E-state index in [-0.39, 0.29) is 0 Å². The van der Waals surface area contributed by atoms with E-state index < -0.39 is 0 Å². The summed E-state index contributed by atoms with van der Waals surface area (Å²) in [5, 5.41) is 5.92. The van der Waals surface area contributed by atoms with Crippen molar-refractivity contribution in [1.82, 2.24) is 14.7 Å². The first-order valence-corrected chi connectivity index (χ1v) is 9.33. The molecule has 1 heterocycles. The lowest BCUT2D eigenvalue weighted by molar-refractivity contribution is 0.126. The van der Waals surface area contributed by atoms with Gasteiger partial charge in [-0.25, -0.2) is 0 Å². The maximum atomic E-state index is 4.86. The van der Waals surface area contributed by atoms with Gasteiger partial charge in [-0.3, -0.25) is 9.58 Å². The van der Waals surface area contributed by atoms with Gasteiger partial charge in [0.2, 0.25) is 0 Å². The molecule has 2 fully saturated rings. The Morgan fingerprint density at radius 2 is 1.95 bits per heavy atom. The van der Waals surface area contributed by atoms with E-state index in [1.807, 2.05) is 0 Å². The van der Waals surface area contributed by atoms with Crippen molar-refractivity contribution in [2.45, 2.75) is 70.0 Å². The first kappa shape index (κ1) is 14.6. The van der Waals surface area contributed by atoms with E-state index in [0.717, 1.165) is 24.5 Å². The summed E-state index contributed by atoms with van der Waals surface area (Å²) in [5.74, 6) is 0. The summed E-state index contributed by atoms with van der Waals surface area (Å²) in [5.41, 5.74) is 1.25. The fraction of sp³-hybridized carbons (Fsp3) is 0.812. The highest BCUT2D eigenvalue weighted by molar-refractivity contribution is 9.09. The van der Waals surface area contributed by atoms with Gasteiger partial charge in [0.05, 0.1) is 11.7 Å². The highest BCUT2D eigenvalue weighted by Gasteiger charge is 2.25. The molecule has 0 atom stereocenters. The number of hydrogen-bond donors (Lipinski definition) is 0. The molecule has 1 aromatic heterocycles. The van der Waals surface area contributed by atoms with E-state index in [0.29, 0.717) is 6.04 Å². The minimum absolute atomic E-state index is 0.658. The van der Waals surface area contributed by atoms with Crippen molar-refractivity contribution in [3.05, 3.63) is 18.0 Å². The second-order valence-corrected chi connectivity index (χ2v) is 7.12. The Morgan fingerprint density at radius 3 is 2.60 bits per heavy atom. The van der Waals surface area contributed by atoms with Crippen LogP contribution in [0.2, 0.25) is 0 Å². The van der Waals surface area contributed by atoms with Crippen LogP contribution in [0.4, 0.5) is 0 Å². The minimum Gasteiger partial charge on any atom is -0.294 e. The lowest BCUT2D eigenvalue weighted by Gasteiger charge is -2.36. The smallest absolute Gasteiger partial charge is 0.0765 e. The Bertz CT molecular complexity index is 408. The van der Waals surface area contributed by atoms with Crippen LogP contribution in [-0.2, 0) is 6.54 Å². The molecule has 0 amide bonds. The average molecular weight is 340 g/mol. The number of halogens is 1. The second-order valence-electron chi connectivity index (χ2n) is 6.32. The largest absolute Gasteiger partial charge is 0.294 e. The number of rotatable bonds is 6. The van der Waals surface area contributed by atoms with E-state index >= 15 is 0 Å². The van der Waals surface area contributed by atoms with Crippen molar-refractivity contribution in [3.63, 3.8) is 0 Å². The van der Waals surface area contributed by atoms with Gasteiger partial charge in [-0.15, -0.1) is 0 Å². The lowest BCUT2D eigenvalue weighted by Crippen LogP contribution is -2.40. The normalized spacial score (nSPS) is 21.3. The first-order chi connectivity index (χ1) is 9.86. The summed E-state index contributed by atoms with van der Waals surface area (Å²) < 4.78 is 2.24. The second kappa shape index (κ2) is 7.08. The molecule has 2 saturated carbocycles. The lowest BCUT2D eigenvalue weighted by atomic mass is 9.91. The Kier molecular flexibility index (Phi) is 5.16. The van der Waals surface area contributed by atoms with Gasteiger partial charge in [-0.2, -0.15) is 5.10 Å². The molecular formula is C16H26BrN3. The van der Waals surface area contributed by atoms with Crippen LogP contribution >= 0.6 is 15.9 Å². The third kappa shape index (κ3) is 3.45. The third-order valence-electron chi connectivity index (χ3n) is 4.94. The molecule has 3 nitrogen and oxygen atoms in total. The molecule has 4 heteroatoms. The average Bonchev–Trinajstić information content (AvgIpc) is 2.87. The fourth-order valence-electron chi connectivity index (χ4n) is 3.47. The Balaban J connectivity index is 1.60. The van der Waals surface area contributed by atoms with E-state index in [4.69, 9.17) is 5.10 Å². The van der Waals surface area contributed by atoms with Crippen molar-refractivity contribution in [2.24, 2.45) is 0 Å². The summed E-state index contributed by atoms with van der Waals surface area (Å²) in [7, 11) is 0. The van der Waals surface area contributed by atoms with Crippen molar-refractivity contribution in [2.75, 3.05) is 11.9 Å². The van der Waals surface area contributed by atoms with Gasteiger partial charge in [0, 0.05) is 30.7 Å². The van der Waals surface area contributed by atoms with Gasteiger partial charge in [0.15, 0.2) is 0 Å². The standard InChI is InChI=1S/C16H26BrN3/c17-10-12-19(15-7-4-8-15)13-14-9-11-20(18-14)16-5-2-1-3-6-16/h9,11,15-16H,1-8,10,12-13H2. The molecule has 0 radical (unpaired) electrons. The number of nitrogens with zero attached hydrogens (tertiary/aromatic N) is 3. The molecule has 0 unspecified atom stereocenters. The molecule has 0 aliphatic heterocycles. The van der Waals surface area contributed by atoms with Crippen LogP contribution in [0.15, 0.2) is 12.3 Å². The third-order valence-corrected chi connectivity index (χ3v) is 5.29. The summed E-state index contributed by atoms with van der Waals surface area (Å²) >= 11 is 3.59. The van der Waals surface area contributed by atoms with Gasteiger partial charge >= 0.3 is 0 Å².